The van der Waals surface area contributed by atoms with Gasteiger partial charge in [-0.05, 0) is 43.7 Å². The van der Waals surface area contributed by atoms with Gasteiger partial charge in [0, 0.05) is 35.8 Å². The van der Waals surface area contributed by atoms with Crippen molar-refractivity contribution in [2.24, 2.45) is 5.41 Å². The lowest BCUT2D eigenvalue weighted by Crippen LogP contribution is -2.44. The van der Waals surface area contributed by atoms with Gasteiger partial charge >= 0.3 is 0 Å². The SMILES string of the molecule is CC#Cc1cc(Cl)c(C2C(=O)CC3(CCOCC3)CC2O)c(OC)c1. The minimum atomic E-state index is -0.770. The summed E-state index contributed by atoms with van der Waals surface area (Å²) in [6, 6.07) is 3.51. The minimum Gasteiger partial charge on any atom is -0.496 e. The maximum absolute atomic E-state index is 13.0. The molecular weight excluding hydrogens is 340 g/mol. The van der Waals surface area contributed by atoms with Gasteiger partial charge in [-0.2, -0.15) is 0 Å². The van der Waals surface area contributed by atoms with E-state index >= 15 is 0 Å². The summed E-state index contributed by atoms with van der Waals surface area (Å²) >= 11 is 6.46. The van der Waals surface area contributed by atoms with Crippen LogP contribution in [-0.2, 0) is 9.53 Å². The molecule has 1 heterocycles. The molecule has 2 atom stereocenters. The number of hydrogen-bond acceptors (Lipinski definition) is 4. The highest BCUT2D eigenvalue weighted by molar-refractivity contribution is 6.32. The molecule has 0 bridgehead atoms. The van der Waals surface area contributed by atoms with Crippen molar-refractivity contribution in [3.05, 3.63) is 28.3 Å². The smallest absolute Gasteiger partial charge is 0.143 e. The van der Waals surface area contributed by atoms with Gasteiger partial charge in [-0.25, -0.2) is 0 Å². The molecule has 1 aliphatic heterocycles. The van der Waals surface area contributed by atoms with Crippen LogP contribution in [-0.4, -0.2) is 37.3 Å². The van der Waals surface area contributed by atoms with E-state index in [1.54, 1.807) is 19.1 Å². The predicted molar refractivity (Wildman–Crippen MR) is 96.0 cm³/mol. The highest BCUT2D eigenvalue weighted by Crippen LogP contribution is 2.49. The van der Waals surface area contributed by atoms with Crippen LogP contribution in [0.15, 0.2) is 12.1 Å². The molecule has 134 valence electrons. The first kappa shape index (κ1) is 18.3. The molecule has 4 nitrogen and oxygen atoms in total. The molecule has 1 saturated heterocycles. The van der Waals surface area contributed by atoms with Crippen LogP contribution in [0.3, 0.4) is 0 Å². The van der Waals surface area contributed by atoms with Crippen LogP contribution in [0, 0.1) is 17.3 Å². The zero-order chi connectivity index (χ0) is 18.0. The molecule has 1 N–H and O–H groups in total. The maximum atomic E-state index is 13.0. The average Bonchev–Trinajstić information content (AvgIpc) is 2.56. The Morgan fingerprint density at radius 2 is 2.08 bits per heavy atom. The average molecular weight is 363 g/mol. The molecule has 1 aliphatic carbocycles. The van der Waals surface area contributed by atoms with Gasteiger partial charge in [0.2, 0.25) is 0 Å². The number of halogens is 1. The van der Waals surface area contributed by atoms with Crippen LogP contribution in [0.2, 0.25) is 5.02 Å². The largest absolute Gasteiger partial charge is 0.496 e. The van der Waals surface area contributed by atoms with Crippen LogP contribution in [0.4, 0.5) is 0 Å². The Kier molecular flexibility index (Phi) is 5.38. The zero-order valence-corrected chi connectivity index (χ0v) is 15.4. The fourth-order valence-corrected chi connectivity index (χ4v) is 4.47. The number of methoxy groups -OCH3 is 1. The van der Waals surface area contributed by atoms with Crippen LogP contribution in [0.1, 0.15) is 49.7 Å². The van der Waals surface area contributed by atoms with Gasteiger partial charge in [0.05, 0.1) is 19.1 Å². The summed E-state index contributed by atoms with van der Waals surface area (Å²) in [5.74, 6) is 5.65. The molecule has 25 heavy (non-hydrogen) atoms. The molecule has 3 rings (SSSR count). The minimum absolute atomic E-state index is 0.0233. The van der Waals surface area contributed by atoms with Crippen molar-refractivity contribution in [2.45, 2.75) is 44.6 Å². The van der Waals surface area contributed by atoms with E-state index in [9.17, 15) is 9.90 Å². The van der Waals surface area contributed by atoms with Gasteiger partial charge in [0.15, 0.2) is 0 Å². The first-order valence-electron chi connectivity index (χ1n) is 8.58. The highest BCUT2D eigenvalue weighted by atomic mass is 35.5. The summed E-state index contributed by atoms with van der Waals surface area (Å²) in [5.41, 5.74) is 1.16. The number of hydrogen-bond donors (Lipinski definition) is 1. The second-order valence-corrected chi connectivity index (χ2v) is 7.36. The molecule has 2 fully saturated rings. The van der Waals surface area contributed by atoms with Gasteiger partial charge in [-0.1, -0.05) is 17.5 Å². The van der Waals surface area contributed by atoms with Gasteiger partial charge in [-0.15, -0.1) is 5.92 Å². The number of benzene rings is 1. The molecular formula is C20H23ClO4. The second kappa shape index (κ2) is 7.37. The normalized spacial score (nSPS) is 25.4. The van der Waals surface area contributed by atoms with E-state index in [2.05, 4.69) is 11.8 Å². The Morgan fingerprint density at radius 1 is 1.36 bits per heavy atom. The number of aliphatic hydroxyl groups is 1. The van der Waals surface area contributed by atoms with Crippen LogP contribution in [0.25, 0.3) is 0 Å². The first-order valence-corrected chi connectivity index (χ1v) is 8.96. The van der Waals surface area contributed by atoms with E-state index < -0.39 is 12.0 Å². The molecule has 1 spiro atoms. The van der Waals surface area contributed by atoms with Crippen LogP contribution >= 0.6 is 11.6 Å². The lowest BCUT2D eigenvalue weighted by molar-refractivity contribution is -0.135. The number of Topliss-reactive ketones (excluding diaryl/α,β-unsaturated/α-hetero) is 1. The maximum Gasteiger partial charge on any atom is 0.143 e. The number of carbonyl (C=O) groups excluding carboxylic acids is 1. The van der Waals surface area contributed by atoms with Gasteiger partial charge in [-0.3, -0.25) is 4.79 Å². The van der Waals surface area contributed by atoms with Crippen molar-refractivity contribution in [2.75, 3.05) is 20.3 Å². The van der Waals surface area contributed by atoms with E-state index in [1.165, 1.54) is 7.11 Å². The van der Waals surface area contributed by atoms with Crippen molar-refractivity contribution in [1.29, 1.82) is 0 Å². The van der Waals surface area contributed by atoms with Crippen LogP contribution in [0.5, 0.6) is 5.75 Å². The van der Waals surface area contributed by atoms with E-state index in [0.29, 0.717) is 42.4 Å². The standard InChI is InChI=1S/C20H23ClO4/c1-3-4-13-9-14(21)18(17(10-13)24-2)19-15(22)11-20(12-16(19)23)5-7-25-8-6-20/h9-10,15,19,22H,5-8,11-12H2,1-2H3. The molecule has 1 saturated carbocycles. The van der Waals surface area contributed by atoms with Gasteiger partial charge in [0.25, 0.3) is 0 Å². The molecule has 0 aromatic heterocycles. The molecule has 1 aromatic rings. The van der Waals surface area contributed by atoms with E-state index in [0.717, 1.165) is 18.4 Å². The van der Waals surface area contributed by atoms with E-state index in [1.807, 2.05) is 0 Å². The number of aliphatic hydroxyl groups excluding tert-OH is 1. The Bertz CT molecular complexity index is 725. The molecule has 0 amide bonds. The van der Waals surface area contributed by atoms with E-state index in [-0.39, 0.29) is 11.2 Å². The highest BCUT2D eigenvalue weighted by Gasteiger charge is 2.47. The summed E-state index contributed by atoms with van der Waals surface area (Å²) in [7, 11) is 1.54. The van der Waals surface area contributed by atoms with Crippen molar-refractivity contribution < 1.29 is 19.4 Å². The third kappa shape index (κ3) is 3.55. The summed E-state index contributed by atoms with van der Waals surface area (Å²) in [4.78, 5) is 13.0. The lowest BCUT2D eigenvalue weighted by Gasteiger charge is -2.44. The first-order chi connectivity index (χ1) is 12.0. The Morgan fingerprint density at radius 3 is 2.68 bits per heavy atom. The van der Waals surface area contributed by atoms with Crippen molar-refractivity contribution in [1.82, 2.24) is 0 Å². The fraction of sp³-hybridized carbons (Fsp3) is 0.550. The number of ketones is 1. The zero-order valence-electron chi connectivity index (χ0n) is 14.6. The summed E-state index contributed by atoms with van der Waals surface area (Å²) in [6.45, 7) is 3.05. The quantitative estimate of drug-likeness (QED) is 0.820. The number of ether oxygens (including phenoxy) is 2. The van der Waals surface area contributed by atoms with Crippen LogP contribution < -0.4 is 4.74 Å². The van der Waals surface area contributed by atoms with Gasteiger partial charge in [0.1, 0.15) is 11.5 Å². The van der Waals surface area contributed by atoms with Crippen molar-refractivity contribution in [3.8, 4) is 17.6 Å². The third-order valence-electron chi connectivity index (χ3n) is 5.37. The number of carbonyl (C=O) groups is 1. The lowest BCUT2D eigenvalue weighted by atomic mass is 9.63. The predicted octanol–water partition coefficient (Wildman–Crippen LogP) is 3.32. The summed E-state index contributed by atoms with van der Waals surface area (Å²) < 4.78 is 10.9. The number of rotatable bonds is 2. The summed E-state index contributed by atoms with van der Waals surface area (Å²) in [5, 5.41) is 11.2. The van der Waals surface area contributed by atoms with Gasteiger partial charge < -0.3 is 14.6 Å². The van der Waals surface area contributed by atoms with E-state index in [4.69, 9.17) is 21.1 Å². The van der Waals surface area contributed by atoms with Crippen molar-refractivity contribution in [3.63, 3.8) is 0 Å². The monoisotopic (exact) mass is 362 g/mol. The second-order valence-electron chi connectivity index (χ2n) is 6.95. The fourth-order valence-electron chi connectivity index (χ4n) is 4.15. The molecule has 2 unspecified atom stereocenters. The Hall–Kier alpha value is -1.54. The topological polar surface area (TPSA) is 55.8 Å². The molecule has 5 heteroatoms. The molecule has 0 radical (unpaired) electrons. The Labute approximate surface area is 153 Å². The third-order valence-corrected chi connectivity index (χ3v) is 5.68. The summed E-state index contributed by atoms with van der Waals surface area (Å²) in [6.07, 6.45) is 1.90. The molecule has 2 aliphatic rings. The Balaban J connectivity index is 1.96. The van der Waals surface area contributed by atoms with Crippen molar-refractivity contribution >= 4 is 17.4 Å². The molecule has 1 aromatic carbocycles.